The zero-order valence-electron chi connectivity index (χ0n) is 10.9. The van der Waals surface area contributed by atoms with E-state index in [1.807, 2.05) is 6.20 Å². The van der Waals surface area contributed by atoms with Crippen LogP contribution in [-0.2, 0) is 19.6 Å². The van der Waals surface area contributed by atoms with Gasteiger partial charge in [0.2, 0.25) is 0 Å². The number of benzene rings is 1. The fraction of sp³-hybridized carbons (Fsp3) is 0.286. The van der Waals surface area contributed by atoms with Crippen LogP contribution in [0.5, 0.6) is 0 Å². The normalized spacial score (nSPS) is 15.1. The van der Waals surface area contributed by atoms with Gasteiger partial charge in [-0.3, -0.25) is 4.90 Å². The lowest BCUT2D eigenvalue weighted by atomic mass is 10.1. The minimum Gasteiger partial charge on any atom is -0.389 e. The minimum absolute atomic E-state index is 0.223. The number of aromatic nitrogens is 2. The van der Waals surface area contributed by atoms with Gasteiger partial charge < -0.3 is 10.3 Å². The quantitative estimate of drug-likeness (QED) is 0.874. The largest absolute Gasteiger partial charge is 0.389 e. The van der Waals surface area contributed by atoms with E-state index in [0.29, 0.717) is 22.7 Å². The number of rotatable bonds is 3. The summed E-state index contributed by atoms with van der Waals surface area (Å²) in [5.41, 5.74) is 6.92. The molecule has 0 bridgehead atoms. The highest BCUT2D eigenvalue weighted by Crippen LogP contribution is 2.17. The van der Waals surface area contributed by atoms with E-state index in [1.54, 1.807) is 18.3 Å². The van der Waals surface area contributed by atoms with Gasteiger partial charge in [-0.05, 0) is 18.2 Å². The maximum Gasteiger partial charge on any atom is 0.127 e. The van der Waals surface area contributed by atoms with Crippen molar-refractivity contribution in [3.05, 3.63) is 53.4 Å². The monoisotopic (exact) mass is 290 g/mol. The molecule has 104 valence electrons. The first-order chi connectivity index (χ1) is 9.63. The van der Waals surface area contributed by atoms with Gasteiger partial charge in [-0.2, -0.15) is 0 Å². The first-order valence-electron chi connectivity index (χ1n) is 6.44. The molecule has 0 fully saturated rings. The fourth-order valence-corrected chi connectivity index (χ4v) is 2.58. The van der Waals surface area contributed by atoms with Crippen LogP contribution in [-0.4, -0.2) is 26.0 Å². The number of nitrogens with zero attached hydrogens (tertiary/aromatic N) is 3. The number of hydrogen-bond acceptors (Lipinski definition) is 3. The van der Waals surface area contributed by atoms with Crippen LogP contribution in [0.15, 0.2) is 30.6 Å². The Bertz CT molecular complexity index is 652. The molecule has 3 rings (SSSR count). The summed E-state index contributed by atoms with van der Waals surface area (Å²) in [6.07, 6.45) is 3.77. The number of fused-ring (bicyclic) bond motifs is 1. The number of halogens is 1. The van der Waals surface area contributed by atoms with Crippen LogP contribution in [0.2, 0.25) is 0 Å². The fourth-order valence-electron chi connectivity index (χ4n) is 2.45. The van der Waals surface area contributed by atoms with Crippen LogP contribution in [0.3, 0.4) is 0 Å². The van der Waals surface area contributed by atoms with Gasteiger partial charge in [-0.15, -0.1) is 0 Å². The van der Waals surface area contributed by atoms with E-state index in [4.69, 9.17) is 18.0 Å². The molecular formula is C14H15FN4S. The van der Waals surface area contributed by atoms with Crippen LogP contribution in [0, 0.1) is 5.82 Å². The van der Waals surface area contributed by atoms with Crippen molar-refractivity contribution in [1.29, 1.82) is 0 Å². The molecule has 0 saturated carbocycles. The van der Waals surface area contributed by atoms with Gasteiger partial charge >= 0.3 is 0 Å². The molecule has 1 aliphatic rings. The van der Waals surface area contributed by atoms with Gasteiger partial charge in [0.05, 0.1) is 6.54 Å². The van der Waals surface area contributed by atoms with Crippen molar-refractivity contribution in [3.8, 4) is 0 Å². The van der Waals surface area contributed by atoms with Crippen LogP contribution >= 0.6 is 12.2 Å². The zero-order valence-corrected chi connectivity index (χ0v) is 11.7. The molecule has 6 heteroatoms. The third-order valence-corrected chi connectivity index (χ3v) is 3.78. The zero-order chi connectivity index (χ0) is 14.1. The summed E-state index contributed by atoms with van der Waals surface area (Å²) in [6, 6.07) is 4.78. The first kappa shape index (κ1) is 13.2. The molecular weight excluding hydrogens is 275 g/mol. The Hall–Kier alpha value is -1.79. The van der Waals surface area contributed by atoms with Crippen molar-refractivity contribution in [2.75, 3.05) is 6.54 Å². The molecule has 0 radical (unpaired) electrons. The number of hydrogen-bond donors (Lipinski definition) is 1. The van der Waals surface area contributed by atoms with E-state index in [0.717, 1.165) is 25.5 Å². The summed E-state index contributed by atoms with van der Waals surface area (Å²) in [5.74, 6) is 0.793. The van der Waals surface area contributed by atoms with Gasteiger partial charge in [0.25, 0.3) is 0 Å². The van der Waals surface area contributed by atoms with Gasteiger partial charge in [0.15, 0.2) is 0 Å². The van der Waals surface area contributed by atoms with Crippen molar-refractivity contribution in [1.82, 2.24) is 14.5 Å². The summed E-state index contributed by atoms with van der Waals surface area (Å²) in [4.78, 5) is 6.77. The van der Waals surface area contributed by atoms with E-state index in [-0.39, 0.29) is 5.82 Å². The lowest BCUT2D eigenvalue weighted by Gasteiger charge is -2.27. The number of nitrogens with two attached hydrogens (primary N) is 1. The number of imidazole rings is 1. The average molecular weight is 290 g/mol. The van der Waals surface area contributed by atoms with Gasteiger partial charge in [0, 0.05) is 43.2 Å². The molecule has 1 aromatic heterocycles. The van der Waals surface area contributed by atoms with Crippen molar-refractivity contribution in [2.24, 2.45) is 5.73 Å². The Morgan fingerprint density at radius 2 is 2.25 bits per heavy atom. The second-order valence-corrected chi connectivity index (χ2v) is 5.36. The van der Waals surface area contributed by atoms with E-state index in [1.165, 1.54) is 6.07 Å². The van der Waals surface area contributed by atoms with Crippen LogP contribution in [0.1, 0.15) is 17.0 Å². The Labute approximate surface area is 122 Å². The molecule has 0 unspecified atom stereocenters. The summed E-state index contributed by atoms with van der Waals surface area (Å²) >= 11 is 4.94. The third kappa shape index (κ3) is 2.57. The summed E-state index contributed by atoms with van der Waals surface area (Å²) in [7, 11) is 0. The van der Waals surface area contributed by atoms with Gasteiger partial charge in [0.1, 0.15) is 16.6 Å². The Kier molecular flexibility index (Phi) is 3.50. The highest BCUT2D eigenvalue weighted by molar-refractivity contribution is 7.80. The molecule has 2 aromatic rings. The lowest BCUT2D eigenvalue weighted by Crippen LogP contribution is -2.33. The second-order valence-electron chi connectivity index (χ2n) is 4.92. The highest BCUT2D eigenvalue weighted by atomic mass is 32.1. The SMILES string of the molecule is NC(=S)c1ccc(F)c(CN2CCn3ccnc3C2)c1. The van der Waals surface area contributed by atoms with Crippen LogP contribution in [0.25, 0.3) is 0 Å². The third-order valence-electron chi connectivity index (χ3n) is 3.55. The van der Waals surface area contributed by atoms with Crippen molar-refractivity contribution in [2.45, 2.75) is 19.6 Å². The highest BCUT2D eigenvalue weighted by Gasteiger charge is 2.18. The van der Waals surface area contributed by atoms with Gasteiger partial charge in [-0.1, -0.05) is 12.2 Å². The molecule has 1 aliphatic heterocycles. The molecule has 4 nitrogen and oxygen atoms in total. The maximum atomic E-state index is 13.9. The van der Waals surface area contributed by atoms with Crippen LogP contribution in [0.4, 0.5) is 4.39 Å². The standard InChI is InChI=1S/C14H15FN4S/c15-12-2-1-10(14(16)20)7-11(12)8-18-5-6-19-4-3-17-13(19)9-18/h1-4,7H,5-6,8-9H2,(H2,16,20). The topological polar surface area (TPSA) is 47.1 Å². The molecule has 0 aliphatic carbocycles. The predicted molar refractivity (Wildman–Crippen MR) is 78.6 cm³/mol. The minimum atomic E-state index is -0.223. The smallest absolute Gasteiger partial charge is 0.127 e. The average Bonchev–Trinajstić information content (AvgIpc) is 2.88. The van der Waals surface area contributed by atoms with Crippen molar-refractivity contribution >= 4 is 17.2 Å². The number of thiocarbonyl (C=S) groups is 1. The van der Waals surface area contributed by atoms with E-state index in [2.05, 4.69) is 14.5 Å². The Morgan fingerprint density at radius 3 is 3.05 bits per heavy atom. The molecule has 0 saturated heterocycles. The van der Waals surface area contributed by atoms with Crippen molar-refractivity contribution in [3.63, 3.8) is 0 Å². The molecule has 0 amide bonds. The van der Waals surface area contributed by atoms with Crippen molar-refractivity contribution < 1.29 is 4.39 Å². The van der Waals surface area contributed by atoms with Crippen LogP contribution < -0.4 is 5.73 Å². The molecule has 0 atom stereocenters. The predicted octanol–water partition coefficient (Wildman–Crippen LogP) is 1.67. The van der Waals surface area contributed by atoms with E-state index >= 15 is 0 Å². The van der Waals surface area contributed by atoms with E-state index in [9.17, 15) is 4.39 Å². The molecule has 1 aromatic carbocycles. The van der Waals surface area contributed by atoms with E-state index < -0.39 is 0 Å². The summed E-state index contributed by atoms with van der Waals surface area (Å²) < 4.78 is 16.0. The van der Waals surface area contributed by atoms with Gasteiger partial charge in [-0.25, -0.2) is 9.37 Å². The molecule has 20 heavy (non-hydrogen) atoms. The summed E-state index contributed by atoms with van der Waals surface area (Å²) in [6.45, 7) is 3.02. The molecule has 2 N–H and O–H groups in total. The molecule has 0 spiro atoms. The summed E-state index contributed by atoms with van der Waals surface area (Å²) in [5, 5.41) is 0. The maximum absolute atomic E-state index is 13.9. The second kappa shape index (κ2) is 5.30. The Balaban J connectivity index is 1.78. The lowest BCUT2D eigenvalue weighted by molar-refractivity contribution is 0.206. The molecule has 2 heterocycles. The Morgan fingerprint density at radius 1 is 1.40 bits per heavy atom. The first-order valence-corrected chi connectivity index (χ1v) is 6.85.